The van der Waals surface area contributed by atoms with Gasteiger partial charge in [0.1, 0.15) is 0 Å². The first-order valence-corrected chi connectivity index (χ1v) is 8.23. The number of aromatic nitrogens is 4. The van der Waals surface area contributed by atoms with Crippen LogP contribution in [0.3, 0.4) is 0 Å². The number of halogens is 6. The van der Waals surface area contributed by atoms with Gasteiger partial charge in [0.15, 0.2) is 5.69 Å². The van der Waals surface area contributed by atoms with Crippen molar-refractivity contribution in [2.24, 2.45) is 0 Å². The first kappa shape index (κ1) is 19.8. The fourth-order valence-electron chi connectivity index (χ4n) is 2.32. The van der Waals surface area contributed by atoms with E-state index in [1.807, 2.05) is 5.32 Å². The molecule has 0 saturated carbocycles. The Balaban J connectivity index is 1.99. The summed E-state index contributed by atoms with van der Waals surface area (Å²) in [6, 6.07) is 6.08. The maximum Gasteiger partial charge on any atom is 0.445 e. The molecular weight excluding hydrogens is 412 g/mol. The summed E-state index contributed by atoms with van der Waals surface area (Å²) < 4.78 is 79.0. The third kappa shape index (κ3) is 3.83. The maximum atomic E-state index is 13.6. The molecule has 28 heavy (non-hydrogen) atoms. The van der Waals surface area contributed by atoms with Crippen molar-refractivity contribution in [2.75, 3.05) is 5.32 Å². The number of nitrogens with one attached hydrogen (secondary N) is 1. The van der Waals surface area contributed by atoms with Crippen molar-refractivity contribution in [3.8, 4) is 5.69 Å². The van der Waals surface area contributed by atoms with Gasteiger partial charge in [0.25, 0.3) is 5.91 Å². The Bertz CT molecular complexity index is 1020. The van der Waals surface area contributed by atoms with Gasteiger partial charge in [0, 0.05) is 0 Å². The zero-order valence-electron chi connectivity index (χ0n) is 13.8. The molecule has 0 bridgehead atoms. The molecule has 0 aliphatic heterocycles. The van der Waals surface area contributed by atoms with Crippen molar-refractivity contribution in [2.45, 2.75) is 19.3 Å². The highest BCUT2D eigenvalue weighted by Crippen LogP contribution is 2.36. The number of hydrogen-bond donors (Lipinski definition) is 1. The van der Waals surface area contributed by atoms with Crippen LogP contribution in [-0.4, -0.2) is 25.9 Å². The third-order valence-corrected chi connectivity index (χ3v) is 4.40. The van der Waals surface area contributed by atoms with Crippen LogP contribution in [0.5, 0.6) is 0 Å². The second kappa shape index (κ2) is 6.89. The number of alkyl halides is 6. The second-order valence-electron chi connectivity index (χ2n) is 5.47. The molecule has 0 radical (unpaired) electrons. The quantitative estimate of drug-likeness (QED) is 0.640. The topological polar surface area (TPSA) is 72.7 Å². The molecule has 1 aromatic carbocycles. The van der Waals surface area contributed by atoms with Crippen LogP contribution >= 0.6 is 11.3 Å². The second-order valence-corrected chi connectivity index (χ2v) is 6.44. The molecule has 0 spiro atoms. The van der Waals surface area contributed by atoms with Gasteiger partial charge in [-0.1, -0.05) is 29.5 Å². The normalized spacial score (nSPS) is 12.2. The average molecular weight is 421 g/mol. The number of hydrogen-bond acceptors (Lipinski definition) is 5. The van der Waals surface area contributed by atoms with Gasteiger partial charge in [-0.2, -0.15) is 31.4 Å². The first-order valence-electron chi connectivity index (χ1n) is 7.41. The number of nitrogens with zero attached hydrogens (tertiary/aromatic N) is 4. The van der Waals surface area contributed by atoms with E-state index in [9.17, 15) is 31.1 Å². The number of carbonyl (C=O) groups excluding carboxylic acids is 1. The molecule has 0 fully saturated rings. The Kier molecular flexibility index (Phi) is 4.87. The smallest absolute Gasteiger partial charge is 0.296 e. The molecule has 0 unspecified atom stereocenters. The maximum absolute atomic E-state index is 13.6. The predicted octanol–water partition coefficient (Wildman–Crippen LogP) is 4.32. The fourth-order valence-corrected chi connectivity index (χ4v) is 2.93. The van der Waals surface area contributed by atoms with Gasteiger partial charge >= 0.3 is 12.4 Å². The Hall–Kier alpha value is -2.96. The number of anilines is 1. The highest BCUT2D eigenvalue weighted by molar-refractivity contribution is 7.15. The average Bonchev–Trinajstić information content (AvgIpc) is 3.21. The van der Waals surface area contributed by atoms with Crippen molar-refractivity contribution in [3.63, 3.8) is 0 Å². The summed E-state index contributed by atoms with van der Waals surface area (Å²) >= 11 is -0.00583. The Morgan fingerprint density at radius 3 is 2.32 bits per heavy atom. The Morgan fingerprint density at radius 2 is 1.75 bits per heavy atom. The van der Waals surface area contributed by atoms with Crippen molar-refractivity contribution >= 4 is 22.4 Å². The molecule has 148 valence electrons. The summed E-state index contributed by atoms with van der Waals surface area (Å²) in [6.07, 6.45) is -9.05. The van der Waals surface area contributed by atoms with Crippen molar-refractivity contribution in [1.29, 1.82) is 0 Å². The minimum absolute atomic E-state index is 0.00583. The number of aryl methyl sites for hydroxylation is 1. The summed E-state index contributed by atoms with van der Waals surface area (Å²) in [5.41, 5.74) is -1.65. The van der Waals surface area contributed by atoms with Gasteiger partial charge in [-0.25, -0.2) is 4.68 Å². The highest BCUT2D eigenvalue weighted by Gasteiger charge is 2.41. The molecule has 0 aliphatic carbocycles. The standard InChI is InChI=1S/C15H9F6N5OS/c1-7-4-2-3-5-9(7)26-10(14(16,17)18)8(6-22-26)11(27)23-13-25-24-12(28-13)15(19,20)21/h2-6H,1H3,(H,23,25,27). The van der Waals surface area contributed by atoms with Gasteiger partial charge in [0.05, 0.1) is 17.4 Å². The molecule has 6 nitrogen and oxygen atoms in total. The lowest BCUT2D eigenvalue weighted by Gasteiger charge is -2.14. The van der Waals surface area contributed by atoms with Crippen LogP contribution in [0.15, 0.2) is 30.5 Å². The van der Waals surface area contributed by atoms with E-state index >= 15 is 0 Å². The summed E-state index contributed by atoms with van der Waals surface area (Å²) in [5.74, 6) is -1.31. The molecular formula is C15H9F6N5OS. The van der Waals surface area contributed by atoms with Crippen LogP contribution in [0.4, 0.5) is 31.5 Å². The van der Waals surface area contributed by atoms with Gasteiger partial charge in [-0.3, -0.25) is 10.1 Å². The van der Waals surface area contributed by atoms with E-state index in [-0.39, 0.29) is 17.0 Å². The molecule has 0 saturated heterocycles. The lowest BCUT2D eigenvalue weighted by molar-refractivity contribution is -0.143. The zero-order chi connectivity index (χ0) is 20.7. The van der Waals surface area contributed by atoms with E-state index in [4.69, 9.17) is 0 Å². The van der Waals surface area contributed by atoms with Gasteiger partial charge in [-0.05, 0) is 18.6 Å². The third-order valence-electron chi connectivity index (χ3n) is 3.51. The van der Waals surface area contributed by atoms with Crippen LogP contribution in [0.1, 0.15) is 26.6 Å². The highest BCUT2D eigenvalue weighted by atomic mass is 32.1. The first-order chi connectivity index (χ1) is 13.0. The van der Waals surface area contributed by atoms with Crippen LogP contribution in [-0.2, 0) is 12.4 Å². The minimum Gasteiger partial charge on any atom is -0.296 e. The van der Waals surface area contributed by atoms with E-state index in [2.05, 4.69) is 15.3 Å². The van der Waals surface area contributed by atoms with Crippen LogP contribution in [0.25, 0.3) is 5.69 Å². The van der Waals surface area contributed by atoms with Crippen LogP contribution < -0.4 is 5.32 Å². The largest absolute Gasteiger partial charge is 0.445 e. The lowest BCUT2D eigenvalue weighted by atomic mass is 10.2. The monoisotopic (exact) mass is 421 g/mol. The Morgan fingerprint density at radius 1 is 1.07 bits per heavy atom. The van der Waals surface area contributed by atoms with Crippen LogP contribution in [0, 0.1) is 6.92 Å². The number of rotatable bonds is 3. The molecule has 3 aromatic rings. The number of para-hydroxylation sites is 1. The predicted molar refractivity (Wildman–Crippen MR) is 86.2 cm³/mol. The Labute approximate surface area is 156 Å². The van der Waals surface area contributed by atoms with Crippen molar-refractivity contribution in [3.05, 3.63) is 52.3 Å². The van der Waals surface area contributed by atoms with Crippen molar-refractivity contribution in [1.82, 2.24) is 20.0 Å². The summed E-state index contributed by atoms with van der Waals surface area (Å²) in [5, 5.41) is 9.59. The molecule has 13 heteroatoms. The van der Waals surface area contributed by atoms with E-state index < -0.39 is 39.7 Å². The summed E-state index contributed by atoms with van der Waals surface area (Å²) in [4.78, 5) is 12.3. The number of benzene rings is 1. The van der Waals surface area contributed by atoms with Gasteiger partial charge in [0.2, 0.25) is 10.1 Å². The molecule has 3 rings (SSSR count). The SMILES string of the molecule is Cc1ccccc1-n1ncc(C(=O)Nc2nnc(C(F)(F)F)s2)c1C(F)(F)F. The van der Waals surface area contributed by atoms with E-state index in [0.717, 1.165) is 0 Å². The van der Waals surface area contributed by atoms with Crippen LogP contribution in [0.2, 0.25) is 0 Å². The van der Waals surface area contributed by atoms with E-state index in [0.29, 0.717) is 16.4 Å². The fraction of sp³-hybridized carbons (Fsp3) is 0.200. The zero-order valence-corrected chi connectivity index (χ0v) is 14.6. The van der Waals surface area contributed by atoms with Gasteiger partial charge < -0.3 is 0 Å². The molecule has 0 aliphatic rings. The molecule has 2 heterocycles. The summed E-state index contributed by atoms with van der Waals surface area (Å²) in [7, 11) is 0. The molecule has 0 atom stereocenters. The number of amides is 1. The molecule has 1 amide bonds. The van der Waals surface area contributed by atoms with Gasteiger partial charge in [-0.15, -0.1) is 10.2 Å². The van der Waals surface area contributed by atoms with E-state index in [1.165, 1.54) is 12.1 Å². The number of carbonyl (C=O) groups is 1. The molecule has 1 N–H and O–H groups in total. The molecule has 2 aromatic heterocycles. The lowest BCUT2D eigenvalue weighted by Crippen LogP contribution is -2.21. The van der Waals surface area contributed by atoms with E-state index in [1.54, 1.807) is 19.1 Å². The van der Waals surface area contributed by atoms with Crippen molar-refractivity contribution < 1.29 is 31.1 Å². The minimum atomic E-state index is -4.95. The summed E-state index contributed by atoms with van der Waals surface area (Å²) in [6.45, 7) is 1.57.